The average molecular weight is 252 g/mol. The predicted octanol–water partition coefficient (Wildman–Crippen LogP) is 1.28. The van der Waals surface area contributed by atoms with Gasteiger partial charge in [-0.2, -0.15) is 8.42 Å². The first-order valence-corrected chi connectivity index (χ1v) is 5.17. The minimum Gasteiger partial charge on any atom is -0.398 e. The Morgan fingerprint density at radius 3 is 2.42 bits per heavy atom. The predicted molar refractivity (Wildman–Crippen MR) is 48.4 cm³/mol. The van der Waals surface area contributed by atoms with Gasteiger partial charge in [0.05, 0.1) is 5.69 Å². The molecule has 12 heavy (non-hydrogen) atoms. The van der Waals surface area contributed by atoms with E-state index in [2.05, 4.69) is 15.9 Å². The zero-order valence-electron chi connectivity index (χ0n) is 5.86. The second-order valence-corrected chi connectivity index (χ2v) is 4.46. The van der Waals surface area contributed by atoms with Crippen molar-refractivity contribution in [1.29, 1.82) is 0 Å². The molecule has 0 unspecified atom stereocenters. The van der Waals surface area contributed by atoms with Crippen LogP contribution in [0.15, 0.2) is 27.6 Å². The van der Waals surface area contributed by atoms with Crippen molar-refractivity contribution in [2.45, 2.75) is 4.90 Å². The highest BCUT2D eigenvalue weighted by Gasteiger charge is 2.12. The van der Waals surface area contributed by atoms with E-state index in [0.717, 1.165) is 0 Å². The maximum atomic E-state index is 10.6. The zero-order chi connectivity index (χ0) is 9.35. The van der Waals surface area contributed by atoms with Crippen molar-refractivity contribution in [2.75, 3.05) is 5.73 Å². The van der Waals surface area contributed by atoms with E-state index in [1.54, 1.807) is 0 Å². The first kappa shape index (κ1) is 9.50. The molecule has 0 atom stereocenters. The van der Waals surface area contributed by atoms with Gasteiger partial charge < -0.3 is 5.73 Å². The molecule has 4 nitrogen and oxygen atoms in total. The van der Waals surface area contributed by atoms with Gasteiger partial charge in [-0.15, -0.1) is 0 Å². The van der Waals surface area contributed by atoms with E-state index in [-0.39, 0.29) is 10.6 Å². The van der Waals surface area contributed by atoms with Crippen LogP contribution in [0.5, 0.6) is 0 Å². The third-order valence-corrected chi connectivity index (χ3v) is 2.67. The molecular weight excluding hydrogens is 246 g/mol. The Kier molecular flexibility index (Phi) is 2.41. The molecule has 0 spiro atoms. The highest BCUT2D eigenvalue weighted by Crippen LogP contribution is 2.22. The lowest BCUT2D eigenvalue weighted by Gasteiger charge is -2.01. The normalized spacial score (nSPS) is 11.5. The van der Waals surface area contributed by atoms with Gasteiger partial charge in [0, 0.05) is 4.47 Å². The SMILES string of the molecule is Nc1cc(Br)ccc1S(=O)(=O)O. The molecule has 0 saturated heterocycles. The van der Waals surface area contributed by atoms with Crippen molar-refractivity contribution in [3.8, 4) is 0 Å². The minimum atomic E-state index is -4.20. The van der Waals surface area contributed by atoms with Gasteiger partial charge in [0.2, 0.25) is 0 Å². The Bertz CT molecular complexity index is 401. The largest absolute Gasteiger partial charge is 0.398 e. The van der Waals surface area contributed by atoms with Gasteiger partial charge in [-0.05, 0) is 18.2 Å². The molecule has 0 aliphatic rings. The highest BCUT2D eigenvalue weighted by atomic mass is 79.9. The monoisotopic (exact) mass is 251 g/mol. The van der Waals surface area contributed by atoms with Crippen molar-refractivity contribution < 1.29 is 13.0 Å². The Morgan fingerprint density at radius 1 is 1.42 bits per heavy atom. The Hall–Kier alpha value is -0.590. The number of hydrogen-bond acceptors (Lipinski definition) is 3. The van der Waals surface area contributed by atoms with Crippen LogP contribution in [0.25, 0.3) is 0 Å². The molecule has 1 aromatic carbocycles. The summed E-state index contributed by atoms with van der Waals surface area (Å²) in [6.07, 6.45) is 0. The quantitative estimate of drug-likeness (QED) is 0.582. The summed E-state index contributed by atoms with van der Waals surface area (Å²) in [6.45, 7) is 0. The van der Waals surface area contributed by atoms with Gasteiger partial charge in [-0.3, -0.25) is 4.55 Å². The second-order valence-electron chi connectivity index (χ2n) is 2.16. The number of hydrogen-bond donors (Lipinski definition) is 2. The van der Waals surface area contributed by atoms with Crippen LogP contribution in [-0.4, -0.2) is 13.0 Å². The lowest BCUT2D eigenvalue weighted by molar-refractivity contribution is 0.483. The minimum absolute atomic E-state index is 0.0203. The maximum Gasteiger partial charge on any atom is 0.296 e. The molecule has 0 aromatic heterocycles. The van der Waals surface area contributed by atoms with Crippen LogP contribution in [0.4, 0.5) is 5.69 Å². The van der Waals surface area contributed by atoms with E-state index in [4.69, 9.17) is 10.3 Å². The lowest BCUT2D eigenvalue weighted by Crippen LogP contribution is -2.02. The van der Waals surface area contributed by atoms with E-state index in [1.807, 2.05) is 0 Å². The summed E-state index contributed by atoms with van der Waals surface area (Å²) in [7, 11) is -4.20. The molecule has 0 saturated carbocycles. The van der Waals surface area contributed by atoms with E-state index in [9.17, 15) is 8.42 Å². The van der Waals surface area contributed by atoms with E-state index in [1.165, 1.54) is 18.2 Å². The fourth-order valence-corrected chi connectivity index (χ4v) is 1.73. The fraction of sp³-hybridized carbons (Fsp3) is 0. The molecule has 0 radical (unpaired) electrons. The van der Waals surface area contributed by atoms with Gasteiger partial charge in [0.1, 0.15) is 4.90 Å². The second kappa shape index (κ2) is 3.04. The number of nitrogen functional groups attached to an aromatic ring is 1. The van der Waals surface area contributed by atoms with Crippen LogP contribution in [-0.2, 0) is 10.1 Å². The summed E-state index contributed by atoms with van der Waals surface area (Å²) in [5.41, 5.74) is 5.36. The first-order chi connectivity index (χ1) is 5.41. The maximum absolute atomic E-state index is 10.6. The smallest absolute Gasteiger partial charge is 0.296 e. The van der Waals surface area contributed by atoms with E-state index < -0.39 is 10.1 Å². The van der Waals surface area contributed by atoms with Crippen molar-refractivity contribution in [3.05, 3.63) is 22.7 Å². The molecular formula is C6H6BrNO3S. The lowest BCUT2D eigenvalue weighted by atomic mass is 10.3. The van der Waals surface area contributed by atoms with Crippen LogP contribution < -0.4 is 5.73 Å². The molecule has 1 aromatic rings. The van der Waals surface area contributed by atoms with Crippen molar-refractivity contribution in [1.82, 2.24) is 0 Å². The molecule has 0 amide bonds. The fourth-order valence-electron chi connectivity index (χ4n) is 0.754. The van der Waals surface area contributed by atoms with Crippen LogP contribution in [0.1, 0.15) is 0 Å². The van der Waals surface area contributed by atoms with Crippen LogP contribution >= 0.6 is 15.9 Å². The third kappa shape index (κ3) is 1.96. The van der Waals surface area contributed by atoms with Crippen molar-refractivity contribution >= 4 is 31.7 Å². The van der Waals surface area contributed by atoms with Crippen LogP contribution in [0.2, 0.25) is 0 Å². The summed E-state index contributed by atoms with van der Waals surface area (Å²) in [6, 6.07) is 4.12. The summed E-state index contributed by atoms with van der Waals surface area (Å²) in [5.74, 6) is 0. The molecule has 6 heteroatoms. The highest BCUT2D eigenvalue weighted by molar-refractivity contribution is 9.10. The number of halogens is 1. The number of rotatable bonds is 1. The molecule has 3 N–H and O–H groups in total. The van der Waals surface area contributed by atoms with E-state index in [0.29, 0.717) is 4.47 Å². The van der Waals surface area contributed by atoms with Gasteiger partial charge in [0.15, 0.2) is 0 Å². The first-order valence-electron chi connectivity index (χ1n) is 2.94. The Labute approximate surface area is 78.3 Å². The third-order valence-electron chi connectivity index (χ3n) is 1.25. The van der Waals surface area contributed by atoms with Crippen LogP contribution in [0, 0.1) is 0 Å². The molecule has 0 bridgehead atoms. The Morgan fingerprint density at radius 2 is 2.00 bits per heavy atom. The van der Waals surface area contributed by atoms with Gasteiger partial charge in [0.25, 0.3) is 10.1 Å². The van der Waals surface area contributed by atoms with Gasteiger partial charge in [-0.25, -0.2) is 0 Å². The summed E-state index contributed by atoms with van der Waals surface area (Å²) >= 11 is 3.11. The van der Waals surface area contributed by atoms with Crippen molar-refractivity contribution in [2.24, 2.45) is 0 Å². The molecule has 0 fully saturated rings. The molecule has 0 aliphatic heterocycles. The van der Waals surface area contributed by atoms with Gasteiger partial charge in [-0.1, -0.05) is 15.9 Å². The average Bonchev–Trinajstić information content (AvgIpc) is 1.83. The zero-order valence-corrected chi connectivity index (χ0v) is 8.26. The number of benzene rings is 1. The van der Waals surface area contributed by atoms with Gasteiger partial charge >= 0.3 is 0 Å². The van der Waals surface area contributed by atoms with Crippen molar-refractivity contribution in [3.63, 3.8) is 0 Å². The molecule has 1 rings (SSSR count). The topological polar surface area (TPSA) is 80.4 Å². The summed E-state index contributed by atoms with van der Waals surface area (Å²) in [4.78, 5) is -0.272. The van der Waals surface area contributed by atoms with Crippen LogP contribution in [0.3, 0.4) is 0 Å². The molecule has 0 heterocycles. The number of nitrogens with two attached hydrogens (primary N) is 1. The molecule has 66 valence electrons. The van der Waals surface area contributed by atoms with E-state index >= 15 is 0 Å². The summed E-state index contributed by atoms with van der Waals surface area (Å²) in [5, 5.41) is 0. The summed E-state index contributed by atoms with van der Waals surface area (Å²) < 4.78 is 30.5. The Balaban J connectivity index is 3.39. The standard InChI is InChI=1S/C6H6BrNO3S/c7-4-1-2-6(5(8)3-4)12(9,10)11/h1-3H,8H2,(H,9,10,11). The molecule has 0 aliphatic carbocycles. The number of anilines is 1.